The number of benzene rings is 1. The molecule has 0 unspecified atom stereocenters. The SMILES string of the molecule is C/C(O)=C(\C)N1CCC(c2ccccc2)(N(C)C)CC1. The Labute approximate surface area is 122 Å². The number of allylic oxidation sites excluding steroid dienone is 2. The van der Waals surface area contributed by atoms with Crippen molar-refractivity contribution in [1.29, 1.82) is 0 Å². The number of hydrogen-bond donors (Lipinski definition) is 1. The molecule has 1 aromatic rings. The first-order chi connectivity index (χ1) is 9.47. The molecule has 0 bridgehead atoms. The summed E-state index contributed by atoms with van der Waals surface area (Å²) >= 11 is 0. The highest BCUT2D eigenvalue weighted by molar-refractivity contribution is 5.26. The van der Waals surface area contributed by atoms with Crippen LogP contribution in [-0.4, -0.2) is 42.1 Å². The van der Waals surface area contributed by atoms with Gasteiger partial charge in [-0.2, -0.15) is 0 Å². The zero-order chi connectivity index (χ0) is 14.8. The molecule has 1 saturated heterocycles. The number of hydrogen-bond acceptors (Lipinski definition) is 3. The van der Waals surface area contributed by atoms with Crippen molar-refractivity contribution in [3.63, 3.8) is 0 Å². The summed E-state index contributed by atoms with van der Waals surface area (Å²) in [6, 6.07) is 10.8. The molecule has 3 nitrogen and oxygen atoms in total. The number of nitrogens with zero attached hydrogens (tertiary/aromatic N) is 2. The van der Waals surface area contributed by atoms with Crippen LogP contribution in [0.5, 0.6) is 0 Å². The topological polar surface area (TPSA) is 26.7 Å². The van der Waals surface area contributed by atoms with Crippen molar-refractivity contribution in [1.82, 2.24) is 9.80 Å². The third-order valence-electron chi connectivity index (χ3n) is 4.76. The second-order valence-electron chi connectivity index (χ2n) is 5.95. The summed E-state index contributed by atoms with van der Waals surface area (Å²) in [6.07, 6.45) is 2.16. The van der Waals surface area contributed by atoms with Crippen LogP contribution >= 0.6 is 0 Å². The van der Waals surface area contributed by atoms with Crippen LogP contribution in [0.25, 0.3) is 0 Å². The monoisotopic (exact) mass is 274 g/mol. The fraction of sp³-hybridized carbons (Fsp3) is 0.529. The second-order valence-corrected chi connectivity index (χ2v) is 5.95. The normalized spacial score (nSPS) is 19.9. The summed E-state index contributed by atoms with van der Waals surface area (Å²) < 4.78 is 0. The Hall–Kier alpha value is -1.48. The van der Waals surface area contributed by atoms with Crippen LogP contribution in [0.4, 0.5) is 0 Å². The molecule has 0 aliphatic carbocycles. The number of aliphatic hydroxyl groups excluding tert-OH is 1. The molecule has 3 heteroatoms. The average Bonchev–Trinajstić information content (AvgIpc) is 2.47. The van der Waals surface area contributed by atoms with E-state index in [9.17, 15) is 5.11 Å². The Bertz CT molecular complexity index is 467. The number of aliphatic hydroxyl groups is 1. The van der Waals surface area contributed by atoms with E-state index in [0.717, 1.165) is 31.6 Å². The van der Waals surface area contributed by atoms with Crippen LogP contribution in [0.15, 0.2) is 41.8 Å². The first kappa shape index (κ1) is 14.9. The van der Waals surface area contributed by atoms with E-state index in [-0.39, 0.29) is 5.54 Å². The Kier molecular flexibility index (Phi) is 4.39. The maximum atomic E-state index is 9.66. The lowest BCUT2D eigenvalue weighted by Gasteiger charge is -2.47. The van der Waals surface area contributed by atoms with Gasteiger partial charge in [0.15, 0.2) is 0 Å². The van der Waals surface area contributed by atoms with E-state index in [4.69, 9.17) is 0 Å². The molecule has 0 saturated carbocycles. The number of rotatable bonds is 3. The Morgan fingerprint density at radius 3 is 2.10 bits per heavy atom. The molecule has 1 heterocycles. The summed E-state index contributed by atoms with van der Waals surface area (Å²) in [7, 11) is 4.34. The van der Waals surface area contributed by atoms with Gasteiger partial charge in [-0.05, 0) is 46.3 Å². The lowest BCUT2D eigenvalue weighted by Crippen LogP contribution is -2.50. The highest BCUT2D eigenvalue weighted by Gasteiger charge is 2.38. The largest absolute Gasteiger partial charge is 0.511 e. The molecular weight excluding hydrogens is 248 g/mol. The van der Waals surface area contributed by atoms with Gasteiger partial charge in [0.1, 0.15) is 5.76 Å². The van der Waals surface area contributed by atoms with Gasteiger partial charge in [0.25, 0.3) is 0 Å². The molecule has 0 radical (unpaired) electrons. The predicted octanol–water partition coefficient (Wildman–Crippen LogP) is 3.35. The standard InChI is InChI=1S/C17H26N2O/c1-14(15(2)20)19-12-10-17(11-13-19,18(3)4)16-8-6-5-7-9-16/h5-9,20H,10-13H2,1-4H3/b15-14-. The zero-order valence-electron chi connectivity index (χ0n) is 13.1. The molecule has 110 valence electrons. The van der Waals surface area contributed by atoms with E-state index in [1.807, 2.05) is 6.92 Å². The van der Waals surface area contributed by atoms with Crippen LogP contribution in [0, 0.1) is 0 Å². The van der Waals surface area contributed by atoms with Crippen LogP contribution in [0.2, 0.25) is 0 Å². The van der Waals surface area contributed by atoms with E-state index >= 15 is 0 Å². The summed E-state index contributed by atoms with van der Waals surface area (Å²) in [5.41, 5.74) is 2.51. The van der Waals surface area contributed by atoms with Gasteiger partial charge in [-0.1, -0.05) is 30.3 Å². The second kappa shape index (κ2) is 5.88. The number of likely N-dealkylation sites (tertiary alicyclic amines) is 1. The molecule has 0 atom stereocenters. The van der Waals surface area contributed by atoms with E-state index in [1.54, 1.807) is 6.92 Å². The molecular formula is C17H26N2O. The molecule has 0 spiro atoms. The molecule has 1 fully saturated rings. The highest BCUT2D eigenvalue weighted by Crippen LogP contribution is 2.38. The number of piperidine rings is 1. The minimum Gasteiger partial charge on any atom is -0.511 e. The zero-order valence-corrected chi connectivity index (χ0v) is 13.1. The van der Waals surface area contributed by atoms with Gasteiger partial charge in [-0.25, -0.2) is 0 Å². The van der Waals surface area contributed by atoms with Crippen molar-refractivity contribution in [3.8, 4) is 0 Å². The van der Waals surface area contributed by atoms with Gasteiger partial charge >= 0.3 is 0 Å². The van der Waals surface area contributed by atoms with Crippen molar-refractivity contribution >= 4 is 0 Å². The van der Waals surface area contributed by atoms with Crippen molar-refractivity contribution in [2.45, 2.75) is 32.2 Å². The summed E-state index contributed by atoms with van der Waals surface area (Å²) in [6.45, 7) is 5.73. The first-order valence-electron chi connectivity index (χ1n) is 7.32. The van der Waals surface area contributed by atoms with Gasteiger partial charge < -0.3 is 10.0 Å². The average molecular weight is 274 g/mol. The van der Waals surface area contributed by atoms with Crippen LogP contribution in [0.1, 0.15) is 32.3 Å². The maximum absolute atomic E-state index is 9.66. The Balaban J connectivity index is 2.22. The van der Waals surface area contributed by atoms with Crippen molar-refractivity contribution in [2.75, 3.05) is 27.2 Å². The lowest BCUT2D eigenvalue weighted by atomic mass is 9.79. The predicted molar refractivity (Wildman–Crippen MR) is 83.6 cm³/mol. The minimum absolute atomic E-state index is 0.113. The summed E-state index contributed by atoms with van der Waals surface area (Å²) in [4.78, 5) is 4.64. The van der Waals surface area contributed by atoms with Gasteiger partial charge in [-0.15, -0.1) is 0 Å². The molecule has 1 N–H and O–H groups in total. The van der Waals surface area contributed by atoms with Crippen molar-refractivity contribution in [3.05, 3.63) is 47.4 Å². The molecule has 20 heavy (non-hydrogen) atoms. The van der Waals surface area contributed by atoms with E-state index in [0.29, 0.717) is 5.76 Å². The fourth-order valence-electron chi connectivity index (χ4n) is 3.18. The van der Waals surface area contributed by atoms with Gasteiger partial charge in [0.2, 0.25) is 0 Å². The Morgan fingerprint density at radius 2 is 1.65 bits per heavy atom. The third kappa shape index (κ3) is 2.68. The van der Waals surface area contributed by atoms with Crippen LogP contribution < -0.4 is 0 Å². The Morgan fingerprint density at radius 1 is 1.10 bits per heavy atom. The minimum atomic E-state index is 0.113. The fourth-order valence-corrected chi connectivity index (χ4v) is 3.18. The van der Waals surface area contributed by atoms with E-state index in [1.165, 1.54) is 5.56 Å². The van der Waals surface area contributed by atoms with E-state index < -0.39 is 0 Å². The highest BCUT2D eigenvalue weighted by atomic mass is 16.3. The van der Waals surface area contributed by atoms with Gasteiger partial charge in [0.05, 0.1) is 0 Å². The van der Waals surface area contributed by atoms with Gasteiger partial charge in [-0.3, -0.25) is 4.90 Å². The van der Waals surface area contributed by atoms with Crippen molar-refractivity contribution in [2.24, 2.45) is 0 Å². The first-order valence-corrected chi connectivity index (χ1v) is 7.32. The molecule has 1 aromatic carbocycles. The lowest BCUT2D eigenvalue weighted by molar-refractivity contribution is 0.0653. The van der Waals surface area contributed by atoms with Crippen molar-refractivity contribution < 1.29 is 5.11 Å². The summed E-state index contributed by atoms with van der Waals surface area (Å²) in [5, 5.41) is 9.66. The van der Waals surface area contributed by atoms with Crippen LogP contribution in [-0.2, 0) is 5.54 Å². The molecule has 2 rings (SSSR count). The van der Waals surface area contributed by atoms with Crippen LogP contribution in [0.3, 0.4) is 0 Å². The third-order valence-corrected chi connectivity index (χ3v) is 4.76. The molecule has 0 aromatic heterocycles. The molecule has 1 aliphatic heterocycles. The molecule has 0 amide bonds. The summed E-state index contributed by atoms with van der Waals surface area (Å²) in [5.74, 6) is 0.432. The smallest absolute Gasteiger partial charge is 0.108 e. The molecule has 1 aliphatic rings. The quantitative estimate of drug-likeness (QED) is 0.856. The van der Waals surface area contributed by atoms with Gasteiger partial charge in [0, 0.05) is 24.3 Å². The van der Waals surface area contributed by atoms with E-state index in [2.05, 4.69) is 54.2 Å². The maximum Gasteiger partial charge on any atom is 0.108 e.